The van der Waals surface area contributed by atoms with Crippen LogP contribution >= 0.6 is 0 Å². The first kappa shape index (κ1) is 14.2. The lowest BCUT2D eigenvalue weighted by atomic mass is 9.90. The van der Waals surface area contributed by atoms with Gasteiger partial charge in [0.15, 0.2) is 0 Å². The number of carbonyl (C=O) groups excluding carboxylic acids is 1. The van der Waals surface area contributed by atoms with Gasteiger partial charge in [-0.15, -0.1) is 0 Å². The van der Waals surface area contributed by atoms with Gasteiger partial charge < -0.3 is 25.2 Å². The molecule has 7 heteroatoms. The summed E-state index contributed by atoms with van der Waals surface area (Å²) in [5.74, 6) is -1.40. The van der Waals surface area contributed by atoms with E-state index < -0.39 is 17.4 Å². The van der Waals surface area contributed by atoms with Crippen molar-refractivity contribution >= 4 is 11.9 Å². The molecule has 19 heavy (non-hydrogen) atoms. The molecule has 0 bridgehead atoms. The molecule has 7 nitrogen and oxygen atoms in total. The number of carbonyl (C=O) groups is 2. The van der Waals surface area contributed by atoms with Crippen molar-refractivity contribution in [3.05, 3.63) is 0 Å². The van der Waals surface area contributed by atoms with Crippen molar-refractivity contribution in [1.82, 2.24) is 10.6 Å². The summed E-state index contributed by atoms with van der Waals surface area (Å²) in [6.45, 7) is 3.90. The van der Waals surface area contributed by atoms with E-state index in [0.717, 1.165) is 0 Å². The number of carboxylic acids is 1. The number of hydrogen-bond donors (Lipinski definition) is 3. The summed E-state index contributed by atoms with van der Waals surface area (Å²) in [6, 6.07) is 0. The first-order valence-corrected chi connectivity index (χ1v) is 6.43. The van der Waals surface area contributed by atoms with Gasteiger partial charge in [0.05, 0.1) is 5.60 Å². The van der Waals surface area contributed by atoms with Crippen LogP contribution < -0.4 is 10.6 Å². The molecule has 1 amide bonds. The highest BCUT2D eigenvalue weighted by molar-refractivity contribution is 5.87. The molecule has 2 saturated heterocycles. The SMILES string of the molecule is CC1(OCC(=O)NC2(C(=O)O)CCOCC2)CNC1. The fraction of sp³-hybridized carbons (Fsp3) is 0.833. The molecule has 2 fully saturated rings. The van der Waals surface area contributed by atoms with Crippen LogP contribution in [0.2, 0.25) is 0 Å². The summed E-state index contributed by atoms with van der Waals surface area (Å²) < 4.78 is 10.6. The van der Waals surface area contributed by atoms with Gasteiger partial charge in [0.1, 0.15) is 12.1 Å². The molecule has 108 valence electrons. The molecular formula is C12H20N2O5. The average molecular weight is 272 g/mol. The first-order valence-electron chi connectivity index (χ1n) is 6.43. The van der Waals surface area contributed by atoms with Gasteiger partial charge in [-0.3, -0.25) is 4.79 Å². The maximum absolute atomic E-state index is 11.8. The van der Waals surface area contributed by atoms with Crippen molar-refractivity contribution in [3.8, 4) is 0 Å². The van der Waals surface area contributed by atoms with Gasteiger partial charge in [-0.2, -0.15) is 0 Å². The molecule has 0 unspecified atom stereocenters. The molecule has 0 aromatic rings. The van der Waals surface area contributed by atoms with Crippen LogP contribution in [0.1, 0.15) is 19.8 Å². The molecule has 0 saturated carbocycles. The minimum atomic E-state index is -1.21. The molecule has 0 atom stereocenters. The quantitative estimate of drug-likeness (QED) is 0.601. The van der Waals surface area contributed by atoms with Gasteiger partial charge in [-0.05, 0) is 6.92 Å². The zero-order chi connectivity index (χ0) is 13.9. The Morgan fingerprint density at radius 1 is 1.37 bits per heavy atom. The van der Waals surface area contributed by atoms with Crippen LogP contribution in [0.4, 0.5) is 0 Å². The summed E-state index contributed by atoms with van der Waals surface area (Å²) in [4.78, 5) is 23.2. The van der Waals surface area contributed by atoms with Crippen molar-refractivity contribution in [2.75, 3.05) is 32.9 Å². The van der Waals surface area contributed by atoms with Crippen molar-refractivity contribution in [2.45, 2.75) is 30.9 Å². The fourth-order valence-electron chi connectivity index (χ4n) is 2.23. The number of nitrogens with one attached hydrogen (secondary N) is 2. The van der Waals surface area contributed by atoms with Gasteiger partial charge in [0.25, 0.3) is 0 Å². The predicted molar refractivity (Wildman–Crippen MR) is 65.8 cm³/mol. The Bertz CT molecular complexity index is 361. The summed E-state index contributed by atoms with van der Waals surface area (Å²) in [6.07, 6.45) is 0.569. The molecule has 0 aliphatic carbocycles. The molecule has 2 aliphatic heterocycles. The predicted octanol–water partition coefficient (Wildman–Crippen LogP) is -0.885. The topological polar surface area (TPSA) is 96.9 Å². The largest absolute Gasteiger partial charge is 0.480 e. The highest BCUT2D eigenvalue weighted by atomic mass is 16.5. The van der Waals surface area contributed by atoms with Crippen LogP contribution in [0.15, 0.2) is 0 Å². The molecule has 2 rings (SSSR count). The number of rotatable bonds is 5. The zero-order valence-corrected chi connectivity index (χ0v) is 11.0. The molecule has 0 aromatic heterocycles. The Hall–Kier alpha value is -1.18. The van der Waals surface area contributed by atoms with Crippen LogP contribution in [-0.4, -0.2) is 61.0 Å². The summed E-state index contributed by atoms with van der Waals surface area (Å²) in [5, 5.41) is 15.0. The van der Waals surface area contributed by atoms with Crippen LogP contribution in [0.3, 0.4) is 0 Å². The molecule has 0 aromatic carbocycles. The number of aliphatic carboxylic acids is 1. The monoisotopic (exact) mass is 272 g/mol. The minimum Gasteiger partial charge on any atom is -0.480 e. The van der Waals surface area contributed by atoms with Crippen LogP contribution in [-0.2, 0) is 19.1 Å². The van der Waals surface area contributed by atoms with Gasteiger partial charge in [0.2, 0.25) is 5.91 Å². The molecular weight excluding hydrogens is 252 g/mol. The first-order chi connectivity index (χ1) is 8.96. The smallest absolute Gasteiger partial charge is 0.329 e. The van der Waals surface area contributed by atoms with Gasteiger partial charge in [-0.25, -0.2) is 4.79 Å². The summed E-state index contributed by atoms with van der Waals surface area (Å²) in [7, 11) is 0. The highest BCUT2D eigenvalue weighted by Crippen LogP contribution is 2.21. The minimum absolute atomic E-state index is 0.117. The maximum Gasteiger partial charge on any atom is 0.329 e. The lowest BCUT2D eigenvalue weighted by Gasteiger charge is -2.39. The van der Waals surface area contributed by atoms with Crippen molar-refractivity contribution in [3.63, 3.8) is 0 Å². The van der Waals surface area contributed by atoms with Crippen LogP contribution in [0, 0.1) is 0 Å². The standard InChI is InChI=1S/C12H20N2O5/c1-11(7-13-8-11)19-6-9(15)14-12(10(16)17)2-4-18-5-3-12/h13H,2-8H2,1H3,(H,14,15)(H,16,17). The third kappa shape index (κ3) is 3.23. The second kappa shape index (κ2) is 5.44. The van der Waals surface area contributed by atoms with E-state index in [1.165, 1.54) is 0 Å². The second-order valence-corrected chi connectivity index (χ2v) is 5.39. The summed E-state index contributed by atoms with van der Waals surface area (Å²) in [5.41, 5.74) is -1.53. The van der Waals surface area contributed by atoms with E-state index in [-0.39, 0.29) is 25.0 Å². The third-order valence-electron chi connectivity index (χ3n) is 3.68. The van der Waals surface area contributed by atoms with E-state index in [2.05, 4.69) is 10.6 Å². The van der Waals surface area contributed by atoms with E-state index in [1.54, 1.807) is 0 Å². The van der Waals surface area contributed by atoms with Crippen molar-refractivity contribution < 1.29 is 24.2 Å². The Balaban J connectivity index is 1.86. The van der Waals surface area contributed by atoms with Crippen LogP contribution in [0.5, 0.6) is 0 Å². The van der Waals surface area contributed by atoms with Crippen molar-refractivity contribution in [1.29, 1.82) is 0 Å². The van der Waals surface area contributed by atoms with Gasteiger partial charge in [-0.1, -0.05) is 0 Å². The number of ether oxygens (including phenoxy) is 2. The second-order valence-electron chi connectivity index (χ2n) is 5.39. The van der Waals surface area contributed by atoms with E-state index in [0.29, 0.717) is 26.3 Å². The van der Waals surface area contributed by atoms with E-state index in [4.69, 9.17) is 9.47 Å². The number of carboxylic acid groups (broad SMARTS) is 1. The number of amides is 1. The number of hydrogen-bond acceptors (Lipinski definition) is 5. The summed E-state index contributed by atoms with van der Waals surface area (Å²) >= 11 is 0. The normalized spacial score (nSPS) is 24.3. The highest BCUT2D eigenvalue weighted by Gasteiger charge is 2.42. The van der Waals surface area contributed by atoms with Crippen molar-refractivity contribution in [2.24, 2.45) is 0 Å². The molecule has 2 heterocycles. The molecule has 3 N–H and O–H groups in total. The maximum atomic E-state index is 11.8. The molecule has 0 radical (unpaired) electrons. The lowest BCUT2D eigenvalue weighted by Crippen LogP contribution is -2.61. The van der Waals surface area contributed by atoms with Crippen LogP contribution in [0.25, 0.3) is 0 Å². The Morgan fingerprint density at radius 2 is 2.00 bits per heavy atom. The van der Waals surface area contributed by atoms with Gasteiger partial charge >= 0.3 is 5.97 Å². The van der Waals surface area contributed by atoms with E-state index in [9.17, 15) is 14.7 Å². The Labute approximate surface area is 111 Å². The lowest BCUT2D eigenvalue weighted by molar-refractivity contribution is -0.154. The zero-order valence-electron chi connectivity index (χ0n) is 11.0. The molecule has 0 spiro atoms. The Kier molecular flexibility index (Phi) is 4.07. The Morgan fingerprint density at radius 3 is 2.47 bits per heavy atom. The van der Waals surface area contributed by atoms with Gasteiger partial charge in [0, 0.05) is 39.1 Å². The van der Waals surface area contributed by atoms with E-state index >= 15 is 0 Å². The molecule has 2 aliphatic rings. The average Bonchev–Trinajstić information content (AvgIpc) is 2.35. The third-order valence-corrected chi connectivity index (χ3v) is 3.68. The fourth-order valence-corrected chi connectivity index (χ4v) is 2.23. The van der Waals surface area contributed by atoms with E-state index in [1.807, 2.05) is 6.92 Å².